The molecule has 1 saturated carbocycles. The zero-order valence-corrected chi connectivity index (χ0v) is 17.6. The third-order valence-electron chi connectivity index (χ3n) is 5.88. The molecule has 3 rings (SSSR count). The summed E-state index contributed by atoms with van der Waals surface area (Å²) in [5.74, 6) is 0. The highest BCUT2D eigenvalue weighted by Crippen LogP contribution is 2.45. The van der Waals surface area contributed by atoms with Gasteiger partial charge in [-0.25, -0.2) is 4.79 Å². The van der Waals surface area contributed by atoms with Gasteiger partial charge in [-0.3, -0.25) is 5.10 Å². The van der Waals surface area contributed by atoms with Crippen molar-refractivity contribution in [1.29, 1.82) is 0 Å². The molecule has 1 aromatic heterocycles. The van der Waals surface area contributed by atoms with E-state index in [-0.39, 0.29) is 11.4 Å². The highest BCUT2D eigenvalue weighted by Gasteiger charge is 2.44. The first-order valence-electron chi connectivity index (χ1n) is 10.1. The van der Waals surface area contributed by atoms with Crippen LogP contribution in [0.4, 0.5) is 4.79 Å². The summed E-state index contributed by atoms with van der Waals surface area (Å²) < 4.78 is 0. The third kappa shape index (κ3) is 5.45. The van der Waals surface area contributed by atoms with Gasteiger partial charge in [0.05, 0.1) is 17.9 Å². The second-order valence-electron chi connectivity index (χ2n) is 9.62. The van der Waals surface area contributed by atoms with Crippen LogP contribution in [0, 0.1) is 5.41 Å². The highest BCUT2D eigenvalue weighted by molar-refractivity contribution is 5.73. The van der Waals surface area contributed by atoms with Gasteiger partial charge in [-0.2, -0.15) is 5.10 Å². The summed E-state index contributed by atoms with van der Waals surface area (Å²) in [5, 5.41) is 10.6. The topological polar surface area (TPSA) is 67.5 Å². The first-order chi connectivity index (χ1) is 12.7. The second-order valence-corrected chi connectivity index (χ2v) is 9.62. The Kier molecular flexibility index (Phi) is 5.82. The Morgan fingerprint density at radius 3 is 2.52 bits per heavy atom. The van der Waals surface area contributed by atoms with E-state index in [9.17, 15) is 4.79 Å². The Morgan fingerprint density at radius 2 is 1.96 bits per heavy atom. The van der Waals surface area contributed by atoms with Gasteiger partial charge < -0.3 is 20.0 Å². The fourth-order valence-corrected chi connectivity index (χ4v) is 3.60. The van der Waals surface area contributed by atoms with Crippen molar-refractivity contribution in [1.82, 2.24) is 30.2 Å². The minimum atomic E-state index is -0.00781. The third-order valence-corrected chi connectivity index (χ3v) is 5.88. The SMILES string of the molecule is CN1CCN(CC2(CNC(=O)N(C)Cc3cc(C(C)(C)C)n[nH]3)CC2)CC1. The molecule has 2 fully saturated rings. The fraction of sp³-hybridized carbons (Fsp3) is 0.800. The quantitative estimate of drug-likeness (QED) is 0.795. The Hall–Kier alpha value is -1.60. The molecule has 0 atom stereocenters. The molecule has 0 unspecified atom stereocenters. The molecular weight excluding hydrogens is 340 g/mol. The molecule has 7 nitrogen and oxygen atoms in total. The van der Waals surface area contributed by atoms with Gasteiger partial charge in [-0.05, 0) is 26.0 Å². The van der Waals surface area contributed by atoms with E-state index >= 15 is 0 Å². The standard InChI is InChI=1S/C20H36N6O/c1-19(2,3)17-12-16(22-23-17)13-25(5)18(27)21-14-20(6-7-20)15-26-10-8-24(4)9-11-26/h12H,6-11,13-15H2,1-5H3,(H,21,27)(H,22,23). The van der Waals surface area contributed by atoms with Crippen LogP contribution in [0.3, 0.4) is 0 Å². The minimum absolute atomic E-state index is 0.00781. The summed E-state index contributed by atoms with van der Waals surface area (Å²) in [5.41, 5.74) is 2.29. The molecule has 2 N–H and O–H groups in total. The van der Waals surface area contributed by atoms with Gasteiger partial charge in [0.15, 0.2) is 0 Å². The molecule has 1 saturated heterocycles. The number of aromatic amines is 1. The molecule has 1 aromatic rings. The molecule has 1 aliphatic heterocycles. The summed E-state index contributed by atoms with van der Waals surface area (Å²) in [4.78, 5) is 19.2. The number of carbonyl (C=O) groups is 1. The normalized spacial score (nSPS) is 20.5. The van der Waals surface area contributed by atoms with Crippen LogP contribution in [0.15, 0.2) is 6.07 Å². The first kappa shape index (κ1) is 20.1. The van der Waals surface area contributed by atoms with Gasteiger partial charge in [-0.1, -0.05) is 20.8 Å². The first-order valence-corrected chi connectivity index (χ1v) is 10.1. The molecule has 27 heavy (non-hydrogen) atoms. The number of H-pyrrole nitrogens is 1. The number of piperazine rings is 1. The van der Waals surface area contributed by atoms with Gasteiger partial charge in [-0.15, -0.1) is 0 Å². The van der Waals surface area contributed by atoms with Crippen LogP contribution in [0.2, 0.25) is 0 Å². The lowest BCUT2D eigenvalue weighted by atomic mass is 9.92. The minimum Gasteiger partial charge on any atom is -0.337 e. The van der Waals surface area contributed by atoms with Gasteiger partial charge in [0.2, 0.25) is 0 Å². The van der Waals surface area contributed by atoms with Crippen molar-refractivity contribution in [2.45, 2.75) is 45.6 Å². The Labute approximate surface area is 163 Å². The summed E-state index contributed by atoms with van der Waals surface area (Å²) in [6.45, 7) is 13.4. The monoisotopic (exact) mass is 376 g/mol. The van der Waals surface area contributed by atoms with E-state index in [2.05, 4.69) is 59.2 Å². The predicted octanol–water partition coefficient (Wildman–Crippen LogP) is 1.88. The van der Waals surface area contributed by atoms with E-state index < -0.39 is 0 Å². The molecule has 2 amide bonds. The zero-order valence-electron chi connectivity index (χ0n) is 17.6. The predicted molar refractivity (Wildman–Crippen MR) is 108 cm³/mol. The maximum atomic E-state index is 12.5. The van der Waals surface area contributed by atoms with E-state index in [0.29, 0.717) is 12.0 Å². The summed E-state index contributed by atoms with van der Waals surface area (Å²) >= 11 is 0. The van der Waals surface area contributed by atoms with Crippen LogP contribution >= 0.6 is 0 Å². The van der Waals surface area contributed by atoms with Crippen molar-refractivity contribution < 1.29 is 4.79 Å². The van der Waals surface area contributed by atoms with E-state index in [4.69, 9.17) is 0 Å². The summed E-state index contributed by atoms with van der Waals surface area (Å²) in [6.07, 6.45) is 2.44. The fourth-order valence-electron chi connectivity index (χ4n) is 3.60. The lowest BCUT2D eigenvalue weighted by molar-refractivity contribution is 0.129. The molecule has 0 bridgehead atoms. The van der Waals surface area contributed by atoms with E-state index in [1.165, 1.54) is 12.8 Å². The maximum absolute atomic E-state index is 12.5. The van der Waals surface area contributed by atoms with Crippen LogP contribution in [-0.2, 0) is 12.0 Å². The van der Waals surface area contributed by atoms with Crippen LogP contribution < -0.4 is 5.32 Å². The number of nitrogens with zero attached hydrogens (tertiary/aromatic N) is 4. The Balaban J connectivity index is 1.44. The Bertz CT molecular complexity index is 637. The van der Waals surface area contributed by atoms with Crippen molar-refractivity contribution in [3.63, 3.8) is 0 Å². The van der Waals surface area contributed by atoms with Crippen molar-refractivity contribution in [2.24, 2.45) is 5.41 Å². The molecule has 152 valence electrons. The number of aromatic nitrogens is 2. The van der Waals surface area contributed by atoms with Gasteiger partial charge in [0.25, 0.3) is 0 Å². The molecule has 1 aliphatic carbocycles. The van der Waals surface area contributed by atoms with Crippen molar-refractivity contribution in [3.8, 4) is 0 Å². The average molecular weight is 377 g/mol. The van der Waals surface area contributed by atoms with Gasteiger partial charge in [0.1, 0.15) is 0 Å². The molecule has 0 radical (unpaired) electrons. The van der Waals surface area contributed by atoms with Crippen molar-refractivity contribution in [2.75, 3.05) is 53.4 Å². The van der Waals surface area contributed by atoms with Gasteiger partial charge >= 0.3 is 6.03 Å². The average Bonchev–Trinajstić information content (AvgIpc) is 3.19. The number of nitrogens with one attached hydrogen (secondary N) is 2. The van der Waals surface area contributed by atoms with Crippen molar-refractivity contribution in [3.05, 3.63) is 17.5 Å². The largest absolute Gasteiger partial charge is 0.337 e. The summed E-state index contributed by atoms with van der Waals surface area (Å²) in [7, 11) is 4.03. The van der Waals surface area contributed by atoms with Gasteiger partial charge in [0, 0.05) is 57.1 Å². The maximum Gasteiger partial charge on any atom is 0.317 e. The number of hydrogen-bond donors (Lipinski definition) is 2. The van der Waals surface area contributed by atoms with E-state index in [1.807, 2.05) is 7.05 Å². The molecule has 0 aromatic carbocycles. The lowest BCUT2D eigenvalue weighted by Gasteiger charge is -2.35. The highest BCUT2D eigenvalue weighted by atomic mass is 16.2. The number of amides is 2. The molecule has 2 aliphatic rings. The summed E-state index contributed by atoms with van der Waals surface area (Å²) in [6, 6.07) is 2.05. The lowest BCUT2D eigenvalue weighted by Crippen LogP contribution is -2.48. The molecule has 0 spiro atoms. The van der Waals surface area contributed by atoms with E-state index in [1.54, 1.807) is 4.90 Å². The molecule has 7 heteroatoms. The smallest absolute Gasteiger partial charge is 0.317 e. The van der Waals surface area contributed by atoms with Crippen LogP contribution in [0.5, 0.6) is 0 Å². The van der Waals surface area contributed by atoms with Crippen molar-refractivity contribution >= 4 is 6.03 Å². The second kappa shape index (κ2) is 7.80. The number of hydrogen-bond acceptors (Lipinski definition) is 4. The molecular formula is C20H36N6O. The number of likely N-dealkylation sites (N-methyl/N-ethyl adjacent to an activating group) is 1. The zero-order chi connectivity index (χ0) is 19.7. The number of urea groups is 1. The van der Waals surface area contributed by atoms with Crippen LogP contribution in [0.1, 0.15) is 45.0 Å². The van der Waals surface area contributed by atoms with Crippen LogP contribution in [0.25, 0.3) is 0 Å². The van der Waals surface area contributed by atoms with E-state index in [0.717, 1.165) is 50.7 Å². The number of carbonyl (C=O) groups excluding carboxylic acids is 1. The Morgan fingerprint density at radius 1 is 1.30 bits per heavy atom. The van der Waals surface area contributed by atoms with Crippen LogP contribution in [-0.4, -0.2) is 84.3 Å². The number of rotatable bonds is 6. The molecule has 2 heterocycles.